The number of nitrogens with one attached hydrogen (secondary N) is 1. The molecule has 0 saturated carbocycles. The van der Waals surface area contributed by atoms with E-state index in [1.807, 2.05) is 30.7 Å². The first kappa shape index (κ1) is 16.6. The minimum atomic E-state index is -0.336. The van der Waals surface area contributed by atoms with E-state index in [0.29, 0.717) is 19.6 Å². The zero-order chi connectivity index (χ0) is 18.1. The summed E-state index contributed by atoms with van der Waals surface area (Å²) in [5, 5.41) is 6.97. The van der Waals surface area contributed by atoms with Crippen molar-refractivity contribution in [2.24, 2.45) is 0 Å². The van der Waals surface area contributed by atoms with Gasteiger partial charge in [-0.15, -0.1) is 0 Å². The predicted molar refractivity (Wildman–Crippen MR) is 91.9 cm³/mol. The lowest BCUT2D eigenvalue weighted by atomic mass is 10.1. The molecule has 1 aliphatic rings. The maximum atomic E-state index is 12.8. The summed E-state index contributed by atoms with van der Waals surface area (Å²) in [6, 6.07) is 3.31. The summed E-state index contributed by atoms with van der Waals surface area (Å²) in [5.74, 6) is 1.50. The summed E-state index contributed by atoms with van der Waals surface area (Å²) in [4.78, 5) is 19.2. The summed E-state index contributed by atoms with van der Waals surface area (Å²) in [5.41, 5.74) is 2.98. The smallest absolute Gasteiger partial charge is 0.244 e. The second kappa shape index (κ2) is 6.80. The lowest BCUT2D eigenvalue weighted by molar-refractivity contribution is -0.125. The van der Waals surface area contributed by atoms with Gasteiger partial charge in [0.25, 0.3) is 0 Å². The number of furan rings is 1. The number of fused-ring (bicyclic) bond motifs is 1. The number of aryl methyl sites for hydroxylation is 2. The molecule has 1 atom stereocenters. The first-order valence-corrected chi connectivity index (χ1v) is 8.56. The van der Waals surface area contributed by atoms with E-state index in [9.17, 15) is 4.79 Å². The highest BCUT2D eigenvalue weighted by Crippen LogP contribution is 2.24. The van der Waals surface area contributed by atoms with Crippen LogP contribution >= 0.6 is 0 Å². The van der Waals surface area contributed by atoms with E-state index in [1.165, 1.54) is 0 Å². The van der Waals surface area contributed by atoms with Crippen LogP contribution in [-0.4, -0.2) is 32.1 Å². The van der Waals surface area contributed by atoms with E-state index in [-0.39, 0.29) is 11.9 Å². The average molecular weight is 355 g/mol. The first-order valence-electron chi connectivity index (χ1n) is 8.56. The molecular formula is C18H21N5O3. The number of carbonyl (C=O) groups excluding carboxylic acids is 1. The molecule has 3 aromatic heterocycles. The van der Waals surface area contributed by atoms with Gasteiger partial charge < -0.3 is 18.8 Å². The molecule has 0 saturated heterocycles. The zero-order valence-corrected chi connectivity index (χ0v) is 14.8. The minimum absolute atomic E-state index is 0.0517. The monoisotopic (exact) mass is 355 g/mol. The topological polar surface area (TPSA) is 89.3 Å². The summed E-state index contributed by atoms with van der Waals surface area (Å²) < 4.78 is 12.5. The number of rotatable bonds is 5. The van der Waals surface area contributed by atoms with Crippen molar-refractivity contribution >= 4 is 5.91 Å². The third-order valence-electron chi connectivity index (χ3n) is 4.78. The molecule has 0 fully saturated rings. The molecule has 8 nitrogen and oxygen atoms in total. The fourth-order valence-electron chi connectivity index (χ4n) is 3.35. The van der Waals surface area contributed by atoms with Gasteiger partial charge in [-0.25, -0.2) is 4.98 Å². The summed E-state index contributed by atoms with van der Waals surface area (Å²) in [6.07, 6.45) is 5.13. The molecule has 0 spiro atoms. The van der Waals surface area contributed by atoms with Crippen molar-refractivity contribution in [3.8, 4) is 0 Å². The number of hydrogen-bond acceptors (Lipinski definition) is 6. The van der Waals surface area contributed by atoms with Gasteiger partial charge in [-0.1, -0.05) is 5.16 Å². The largest absolute Gasteiger partial charge is 0.467 e. The van der Waals surface area contributed by atoms with Gasteiger partial charge in [-0.3, -0.25) is 9.69 Å². The molecule has 3 aromatic rings. The van der Waals surface area contributed by atoms with Crippen LogP contribution in [0.2, 0.25) is 0 Å². The van der Waals surface area contributed by atoms with Crippen LogP contribution in [0.15, 0.2) is 39.9 Å². The maximum absolute atomic E-state index is 12.8. The van der Waals surface area contributed by atoms with Gasteiger partial charge in [-0.2, -0.15) is 0 Å². The van der Waals surface area contributed by atoms with Gasteiger partial charge >= 0.3 is 0 Å². The number of carbonyl (C=O) groups is 1. The Bertz CT molecular complexity index is 876. The van der Waals surface area contributed by atoms with Crippen LogP contribution in [-0.2, 0) is 24.4 Å². The predicted octanol–water partition coefficient (Wildman–Crippen LogP) is 1.95. The van der Waals surface area contributed by atoms with Crippen LogP contribution in [0.4, 0.5) is 0 Å². The molecule has 136 valence electrons. The van der Waals surface area contributed by atoms with Crippen molar-refractivity contribution < 1.29 is 13.7 Å². The Morgan fingerprint density at radius 2 is 2.31 bits per heavy atom. The first-order chi connectivity index (χ1) is 12.6. The van der Waals surface area contributed by atoms with Gasteiger partial charge in [0.05, 0.1) is 30.5 Å². The van der Waals surface area contributed by atoms with Crippen molar-refractivity contribution in [2.75, 3.05) is 6.54 Å². The third-order valence-corrected chi connectivity index (χ3v) is 4.78. The Hall–Kier alpha value is -2.87. The third kappa shape index (κ3) is 3.15. The van der Waals surface area contributed by atoms with E-state index < -0.39 is 0 Å². The quantitative estimate of drug-likeness (QED) is 0.752. The molecule has 1 amide bonds. The molecule has 26 heavy (non-hydrogen) atoms. The van der Waals surface area contributed by atoms with Crippen LogP contribution in [0.1, 0.15) is 34.5 Å². The lowest BCUT2D eigenvalue weighted by Crippen LogP contribution is -2.44. The second-order valence-corrected chi connectivity index (χ2v) is 6.58. The molecular weight excluding hydrogens is 334 g/mol. The number of nitrogens with zero attached hydrogens (tertiary/aromatic N) is 4. The summed E-state index contributed by atoms with van der Waals surface area (Å²) in [7, 11) is 0. The Morgan fingerprint density at radius 1 is 1.42 bits per heavy atom. The van der Waals surface area contributed by atoms with Crippen LogP contribution in [0, 0.1) is 13.8 Å². The van der Waals surface area contributed by atoms with Crippen molar-refractivity contribution in [1.29, 1.82) is 0 Å². The van der Waals surface area contributed by atoms with E-state index in [0.717, 1.165) is 35.0 Å². The fraction of sp³-hybridized carbons (Fsp3) is 0.389. The van der Waals surface area contributed by atoms with Gasteiger partial charge in [0.2, 0.25) is 5.91 Å². The molecule has 0 aromatic carbocycles. The van der Waals surface area contributed by atoms with Gasteiger partial charge in [0.1, 0.15) is 17.6 Å². The number of aromatic nitrogens is 3. The van der Waals surface area contributed by atoms with E-state index >= 15 is 0 Å². The summed E-state index contributed by atoms with van der Waals surface area (Å²) >= 11 is 0. The van der Waals surface area contributed by atoms with Crippen LogP contribution in [0.25, 0.3) is 0 Å². The van der Waals surface area contributed by atoms with Crippen molar-refractivity contribution in [1.82, 2.24) is 24.9 Å². The summed E-state index contributed by atoms with van der Waals surface area (Å²) in [6.45, 7) is 6.23. The van der Waals surface area contributed by atoms with E-state index in [2.05, 4.69) is 20.4 Å². The molecule has 1 N–H and O–H groups in total. The Kier molecular flexibility index (Phi) is 4.34. The normalized spacial score (nSPS) is 17.2. The number of imidazole rings is 1. The Labute approximate surface area is 150 Å². The van der Waals surface area contributed by atoms with Gasteiger partial charge in [0.15, 0.2) is 0 Å². The van der Waals surface area contributed by atoms with Crippen molar-refractivity contribution in [2.45, 2.75) is 39.5 Å². The highest BCUT2D eigenvalue weighted by atomic mass is 16.5. The SMILES string of the molecule is Cc1noc(C)c1CN1Cc2cncn2C(C(=O)NCc2ccco2)C1. The second-order valence-electron chi connectivity index (χ2n) is 6.58. The Morgan fingerprint density at radius 3 is 3.04 bits per heavy atom. The number of hydrogen-bond donors (Lipinski definition) is 1. The fourth-order valence-corrected chi connectivity index (χ4v) is 3.35. The standard InChI is InChI=1S/C18H21N5O3/c1-12-16(13(2)26-21-12)9-22-8-14-6-19-11-23(14)17(10-22)18(24)20-7-15-4-3-5-25-15/h3-6,11,17H,7-10H2,1-2H3,(H,20,24). The van der Waals surface area contributed by atoms with Crippen molar-refractivity contribution in [3.63, 3.8) is 0 Å². The highest BCUT2D eigenvalue weighted by molar-refractivity contribution is 5.80. The Balaban J connectivity index is 1.50. The minimum Gasteiger partial charge on any atom is -0.467 e. The van der Waals surface area contributed by atoms with Crippen molar-refractivity contribution in [3.05, 3.63) is 59.4 Å². The molecule has 1 unspecified atom stereocenters. The van der Waals surface area contributed by atoms with Crippen LogP contribution in [0.3, 0.4) is 0 Å². The van der Waals surface area contributed by atoms with Crippen LogP contribution < -0.4 is 5.32 Å². The van der Waals surface area contributed by atoms with Gasteiger partial charge in [-0.05, 0) is 26.0 Å². The molecule has 1 aliphatic heterocycles. The molecule has 0 radical (unpaired) electrons. The molecule has 4 heterocycles. The van der Waals surface area contributed by atoms with Gasteiger partial charge in [0, 0.05) is 31.4 Å². The molecule has 4 rings (SSSR count). The molecule has 0 aliphatic carbocycles. The van der Waals surface area contributed by atoms with E-state index in [1.54, 1.807) is 18.7 Å². The zero-order valence-electron chi connectivity index (χ0n) is 14.8. The van der Waals surface area contributed by atoms with E-state index in [4.69, 9.17) is 8.94 Å². The highest BCUT2D eigenvalue weighted by Gasteiger charge is 2.31. The lowest BCUT2D eigenvalue weighted by Gasteiger charge is -2.33. The average Bonchev–Trinajstić information content (AvgIpc) is 3.37. The van der Waals surface area contributed by atoms with Crippen LogP contribution in [0.5, 0.6) is 0 Å². The molecule has 0 bridgehead atoms. The molecule has 8 heteroatoms. The number of amides is 1. The maximum Gasteiger partial charge on any atom is 0.244 e.